The van der Waals surface area contributed by atoms with Crippen LogP contribution < -0.4 is 4.74 Å². The van der Waals surface area contributed by atoms with E-state index in [0.29, 0.717) is 17.9 Å². The predicted molar refractivity (Wildman–Crippen MR) is 131 cm³/mol. The van der Waals surface area contributed by atoms with E-state index in [4.69, 9.17) is 4.74 Å². The minimum atomic E-state index is -0.0535. The van der Waals surface area contributed by atoms with Crippen LogP contribution in [0, 0.1) is 11.8 Å². The number of hydrogen-bond acceptors (Lipinski definition) is 3. The zero-order chi connectivity index (χ0) is 21.5. The lowest BCUT2D eigenvalue weighted by Crippen LogP contribution is -2.55. The van der Waals surface area contributed by atoms with Gasteiger partial charge in [0, 0.05) is 29.1 Å². The van der Waals surface area contributed by atoms with Crippen molar-refractivity contribution < 1.29 is 4.74 Å². The van der Waals surface area contributed by atoms with Gasteiger partial charge in [0.2, 0.25) is 0 Å². The van der Waals surface area contributed by atoms with Gasteiger partial charge < -0.3 is 4.74 Å². The Hall–Kier alpha value is -3.17. The van der Waals surface area contributed by atoms with Gasteiger partial charge in [0.05, 0.1) is 11.6 Å². The molecule has 5 atom stereocenters. The fourth-order valence-corrected chi connectivity index (χ4v) is 5.84. The third-order valence-electron chi connectivity index (χ3n) is 7.50. The maximum Gasteiger partial charge on any atom is 0.140 e. The van der Waals surface area contributed by atoms with Crippen molar-refractivity contribution in [2.45, 2.75) is 25.0 Å². The van der Waals surface area contributed by atoms with E-state index in [1.807, 2.05) is 6.20 Å². The summed E-state index contributed by atoms with van der Waals surface area (Å²) >= 11 is 0. The van der Waals surface area contributed by atoms with Crippen LogP contribution in [0.15, 0.2) is 91.6 Å². The minimum Gasteiger partial charge on any atom is -0.483 e. The molecule has 3 aromatic carbocycles. The third-order valence-corrected chi connectivity index (χ3v) is 7.50. The molecule has 3 aliphatic rings. The first-order valence-corrected chi connectivity index (χ1v) is 11.7. The summed E-state index contributed by atoms with van der Waals surface area (Å²) in [6, 6.07) is 25.8. The maximum atomic E-state index is 6.99. The second-order valence-electron chi connectivity index (χ2n) is 9.18. The first kappa shape index (κ1) is 19.5. The number of nitrogens with zero attached hydrogens (tertiary/aromatic N) is 2. The Labute approximate surface area is 189 Å². The fourth-order valence-electron chi connectivity index (χ4n) is 5.84. The fraction of sp³-hybridized carbons (Fsp3) is 0.276. The van der Waals surface area contributed by atoms with Crippen molar-refractivity contribution >= 4 is 21.7 Å². The minimum absolute atomic E-state index is 0.0535. The number of pyridine rings is 1. The topological polar surface area (TPSA) is 25.4 Å². The van der Waals surface area contributed by atoms with E-state index in [-0.39, 0.29) is 6.10 Å². The number of aromatic nitrogens is 1. The highest BCUT2D eigenvalue weighted by Crippen LogP contribution is 2.44. The van der Waals surface area contributed by atoms with Gasteiger partial charge in [-0.3, -0.25) is 9.88 Å². The van der Waals surface area contributed by atoms with Crippen LogP contribution in [0.1, 0.15) is 24.5 Å². The van der Waals surface area contributed by atoms with Crippen molar-refractivity contribution in [3.05, 3.63) is 97.2 Å². The lowest BCUT2D eigenvalue weighted by atomic mass is 9.73. The van der Waals surface area contributed by atoms with Gasteiger partial charge in [0.25, 0.3) is 0 Å². The number of benzene rings is 3. The summed E-state index contributed by atoms with van der Waals surface area (Å²) in [7, 11) is 0. The summed E-state index contributed by atoms with van der Waals surface area (Å²) in [5, 5.41) is 3.56. The molecular formula is C29H28N2O. The standard InChI is InChI=1S/C29H28N2O/c1-2-20-19-31-17-15-22(20)18-27(31)29(25-14-16-30-26-12-6-5-11-24(25)26)32-28-13-7-9-21-8-3-4-10-23(21)28/h2-14,16,20,22,27,29H,1,15,17-19H2/t20?,22?,27-,29+/m0/s1. The molecule has 32 heavy (non-hydrogen) atoms. The molecule has 0 spiro atoms. The van der Waals surface area contributed by atoms with E-state index in [2.05, 4.69) is 95.3 Å². The van der Waals surface area contributed by atoms with Crippen LogP contribution >= 0.6 is 0 Å². The van der Waals surface area contributed by atoms with E-state index in [1.54, 1.807) is 0 Å². The van der Waals surface area contributed by atoms with Gasteiger partial charge in [0.1, 0.15) is 11.9 Å². The Kier molecular flexibility index (Phi) is 4.92. The van der Waals surface area contributed by atoms with Gasteiger partial charge >= 0.3 is 0 Å². The monoisotopic (exact) mass is 420 g/mol. The van der Waals surface area contributed by atoms with Crippen molar-refractivity contribution in [1.82, 2.24) is 9.88 Å². The van der Waals surface area contributed by atoms with Gasteiger partial charge in [-0.1, -0.05) is 60.7 Å². The first-order chi connectivity index (χ1) is 15.8. The molecule has 3 unspecified atom stereocenters. The van der Waals surface area contributed by atoms with Crippen molar-refractivity contribution in [2.75, 3.05) is 13.1 Å². The highest BCUT2D eigenvalue weighted by molar-refractivity contribution is 5.88. The number of piperidine rings is 3. The number of para-hydroxylation sites is 1. The normalized spacial score (nSPS) is 25.6. The third kappa shape index (κ3) is 3.28. The van der Waals surface area contributed by atoms with Gasteiger partial charge in [-0.25, -0.2) is 0 Å². The van der Waals surface area contributed by atoms with Gasteiger partial charge in [-0.15, -0.1) is 6.58 Å². The van der Waals surface area contributed by atoms with Crippen LogP contribution in [0.2, 0.25) is 0 Å². The molecule has 0 amide bonds. The summed E-state index contributed by atoms with van der Waals surface area (Å²) in [5.41, 5.74) is 2.26. The van der Waals surface area contributed by atoms with Crippen molar-refractivity contribution in [2.24, 2.45) is 11.8 Å². The van der Waals surface area contributed by atoms with E-state index in [0.717, 1.165) is 30.8 Å². The highest BCUT2D eigenvalue weighted by Gasteiger charge is 2.43. The zero-order valence-corrected chi connectivity index (χ0v) is 18.2. The second kappa shape index (κ2) is 8.07. The molecule has 0 saturated carbocycles. The molecule has 0 radical (unpaired) electrons. The molecule has 2 bridgehead atoms. The highest BCUT2D eigenvalue weighted by atomic mass is 16.5. The Morgan fingerprint density at radius 3 is 2.62 bits per heavy atom. The molecular weight excluding hydrogens is 392 g/mol. The SMILES string of the molecule is C=CC1CN2CCC1C[C@H]2[C@H](Oc1cccc2ccccc12)c1ccnc2ccccc12. The number of fused-ring (bicyclic) bond motifs is 5. The maximum absolute atomic E-state index is 6.99. The van der Waals surface area contributed by atoms with Crippen LogP contribution in [-0.2, 0) is 0 Å². The van der Waals surface area contributed by atoms with Gasteiger partial charge in [-0.05, 0) is 54.8 Å². The Morgan fingerprint density at radius 2 is 1.78 bits per heavy atom. The summed E-state index contributed by atoms with van der Waals surface area (Å²) in [6.45, 7) is 6.33. The molecule has 3 fully saturated rings. The average Bonchev–Trinajstić information content (AvgIpc) is 2.87. The molecule has 3 heteroatoms. The quantitative estimate of drug-likeness (QED) is 0.349. The second-order valence-corrected chi connectivity index (χ2v) is 9.18. The molecule has 3 nitrogen and oxygen atoms in total. The average molecular weight is 421 g/mol. The molecule has 1 aromatic heterocycles. The number of rotatable bonds is 5. The van der Waals surface area contributed by atoms with Gasteiger partial charge in [0.15, 0.2) is 0 Å². The van der Waals surface area contributed by atoms with Crippen LogP contribution in [0.4, 0.5) is 0 Å². The molecule has 4 heterocycles. The van der Waals surface area contributed by atoms with Crippen LogP contribution in [0.5, 0.6) is 5.75 Å². The molecule has 0 aliphatic carbocycles. The lowest BCUT2D eigenvalue weighted by molar-refractivity contribution is -0.0353. The molecule has 7 rings (SSSR count). The van der Waals surface area contributed by atoms with E-state index < -0.39 is 0 Å². The largest absolute Gasteiger partial charge is 0.483 e. The predicted octanol–water partition coefficient (Wildman–Crippen LogP) is 6.40. The van der Waals surface area contributed by atoms with Crippen LogP contribution in [0.25, 0.3) is 21.7 Å². The number of hydrogen-bond donors (Lipinski definition) is 0. The summed E-state index contributed by atoms with van der Waals surface area (Å²) in [4.78, 5) is 7.25. The molecule has 4 aromatic rings. The number of ether oxygens (including phenoxy) is 1. The first-order valence-electron chi connectivity index (χ1n) is 11.7. The van der Waals surface area contributed by atoms with E-state index in [1.165, 1.54) is 28.1 Å². The smallest absolute Gasteiger partial charge is 0.140 e. The molecule has 3 saturated heterocycles. The van der Waals surface area contributed by atoms with Crippen LogP contribution in [-0.4, -0.2) is 29.0 Å². The molecule has 160 valence electrons. The summed E-state index contributed by atoms with van der Waals surface area (Å²) in [5.74, 6) is 2.23. The summed E-state index contributed by atoms with van der Waals surface area (Å²) in [6.07, 6.45) is 6.44. The summed E-state index contributed by atoms with van der Waals surface area (Å²) < 4.78 is 6.99. The van der Waals surface area contributed by atoms with E-state index >= 15 is 0 Å². The van der Waals surface area contributed by atoms with Crippen molar-refractivity contribution in [3.63, 3.8) is 0 Å². The Bertz CT molecular complexity index is 1270. The Balaban J connectivity index is 1.47. The Morgan fingerprint density at radius 1 is 0.969 bits per heavy atom. The van der Waals surface area contributed by atoms with Crippen molar-refractivity contribution in [3.8, 4) is 5.75 Å². The lowest BCUT2D eigenvalue weighted by Gasteiger charge is -2.51. The van der Waals surface area contributed by atoms with Crippen LogP contribution in [0.3, 0.4) is 0 Å². The van der Waals surface area contributed by atoms with E-state index in [9.17, 15) is 0 Å². The van der Waals surface area contributed by atoms with Crippen molar-refractivity contribution in [1.29, 1.82) is 0 Å². The van der Waals surface area contributed by atoms with Gasteiger partial charge in [-0.2, -0.15) is 0 Å². The zero-order valence-electron chi connectivity index (χ0n) is 18.2. The molecule has 0 N–H and O–H groups in total. The molecule has 3 aliphatic heterocycles.